The average Bonchev–Trinajstić information content (AvgIpc) is 2.33. The lowest BCUT2D eigenvalue weighted by Crippen LogP contribution is -2.37. The van der Waals surface area contributed by atoms with Crippen LogP contribution < -0.4 is 10.1 Å². The molecular formula is C16H24F3NO. The topological polar surface area (TPSA) is 21.3 Å². The summed E-state index contributed by atoms with van der Waals surface area (Å²) in [6, 6.07) is 6.52. The summed E-state index contributed by atoms with van der Waals surface area (Å²) in [5.41, 5.74) is 1.22. The Morgan fingerprint density at radius 3 is 2.10 bits per heavy atom. The minimum absolute atomic E-state index is 0.172. The molecular weight excluding hydrogens is 279 g/mol. The maximum Gasteiger partial charge on any atom is 0.573 e. The third-order valence-corrected chi connectivity index (χ3v) is 3.51. The third-order valence-electron chi connectivity index (χ3n) is 3.51. The van der Waals surface area contributed by atoms with E-state index in [0.717, 1.165) is 24.8 Å². The molecule has 0 spiro atoms. The first-order chi connectivity index (χ1) is 9.62. The highest BCUT2D eigenvalue weighted by molar-refractivity contribution is 5.27. The lowest BCUT2D eigenvalue weighted by molar-refractivity contribution is -0.274. The quantitative estimate of drug-likeness (QED) is 0.833. The van der Waals surface area contributed by atoms with Crippen molar-refractivity contribution < 1.29 is 17.9 Å². The van der Waals surface area contributed by atoms with Gasteiger partial charge in [0.05, 0.1) is 0 Å². The Morgan fingerprint density at radius 1 is 1.10 bits per heavy atom. The van der Waals surface area contributed by atoms with Gasteiger partial charge < -0.3 is 10.1 Å². The van der Waals surface area contributed by atoms with Gasteiger partial charge in [-0.25, -0.2) is 0 Å². The van der Waals surface area contributed by atoms with E-state index in [1.807, 2.05) is 7.05 Å². The monoisotopic (exact) mass is 303 g/mol. The largest absolute Gasteiger partial charge is 0.573 e. The predicted molar refractivity (Wildman–Crippen MR) is 78.4 cm³/mol. The highest BCUT2D eigenvalue weighted by Crippen LogP contribution is 2.25. The number of hydrogen-bond donors (Lipinski definition) is 1. The SMILES string of the molecule is CNC(CCCc1ccc(OC(F)(F)F)cc1)C(C)(C)C. The van der Waals surface area contributed by atoms with Gasteiger partial charge in [0.1, 0.15) is 5.75 Å². The summed E-state index contributed by atoms with van der Waals surface area (Å²) in [5, 5.41) is 3.32. The maximum atomic E-state index is 12.1. The Bertz CT molecular complexity index is 421. The van der Waals surface area contributed by atoms with Crippen molar-refractivity contribution in [1.29, 1.82) is 0 Å². The fourth-order valence-electron chi connectivity index (χ4n) is 2.38. The molecule has 0 radical (unpaired) electrons. The van der Waals surface area contributed by atoms with E-state index in [9.17, 15) is 13.2 Å². The smallest absolute Gasteiger partial charge is 0.406 e. The molecule has 0 aliphatic heterocycles. The van der Waals surface area contributed by atoms with E-state index in [1.54, 1.807) is 12.1 Å². The number of rotatable bonds is 6. The zero-order valence-corrected chi connectivity index (χ0v) is 13.1. The minimum atomic E-state index is -4.63. The molecule has 1 unspecified atom stereocenters. The van der Waals surface area contributed by atoms with Crippen molar-refractivity contribution in [3.8, 4) is 5.75 Å². The van der Waals surface area contributed by atoms with Gasteiger partial charge in [-0.3, -0.25) is 0 Å². The molecule has 0 saturated heterocycles. The summed E-state index contributed by atoms with van der Waals surface area (Å²) in [7, 11) is 1.96. The van der Waals surface area contributed by atoms with Crippen molar-refractivity contribution in [2.75, 3.05) is 7.05 Å². The fourth-order valence-corrected chi connectivity index (χ4v) is 2.38. The molecule has 0 aromatic heterocycles. The van der Waals surface area contributed by atoms with Crippen LogP contribution in [0.3, 0.4) is 0 Å². The highest BCUT2D eigenvalue weighted by atomic mass is 19.4. The summed E-state index contributed by atoms with van der Waals surface area (Å²) in [6.07, 6.45) is -1.77. The van der Waals surface area contributed by atoms with Crippen LogP contribution in [-0.2, 0) is 6.42 Å². The molecule has 0 fully saturated rings. The standard InChI is InChI=1S/C16H24F3NO/c1-15(2,3)14(20-4)7-5-6-12-8-10-13(11-9-12)21-16(17,18)19/h8-11,14,20H,5-7H2,1-4H3. The zero-order valence-electron chi connectivity index (χ0n) is 13.1. The molecule has 0 amide bonds. The molecule has 1 atom stereocenters. The fraction of sp³-hybridized carbons (Fsp3) is 0.625. The van der Waals surface area contributed by atoms with Crippen LogP contribution in [-0.4, -0.2) is 19.5 Å². The minimum Gasteiger partial charge on any atom is -0.406 e. The number of aryl methyl sites for hydroxylation is 1. The summed E-state index contributed by atoms with van der Waals surface area (Å²) in [5.74, 6) is -0.172. The summed E-state index contributed by atoms with van der Waals surface area (Å²) in [4.78, 5) is 0. The molecule has 1 aromatic carbocycles. The van der Waals surface area contributed by atoms with Crippen LogP contribution in [0.4, 0.5) is 13.2 Å². The number of benzene rings is 1. The number of nitrogens with one attached hydrogen (secondary N) is 1. The third kappa shape index (κ3) is 6.85. The molecule has 2 nitrogen and oxygen atoms in total. The van der Waals surface area contributed by atoms with Gasteiger partial charge in [0.25, 0.3) is 0 Å². The summed E-state index contributed by atoms with van der Waals surface area (Å²) in [6.45, 7) is 6.58. The van der Waals surface area contributed by atoms with E-state index in [-0.39, 0.29) is 11.2 Å². The molecule has 0 heterocycles. The Kier molecular flexibility index (Phi) is 6.08. The van der Waals surface area contributed by atoms with Gasteiger partial charge in [-0.15, -0.1) is 13.2 Å². The van der Waals surface area contributed by atoms with Crippen LogP contribution in [0, 0.1) is 5.41 Å². The normalized spacial score (nSPS) is 14.0. The van der Waals surface area contributed by atoms with Gasteiger partial charge in [0.15, 0.2) is 0 Å². The maximum absolute atomic E-state index is 12.1. The Labute approximate surface area is 124 Å². The zero-order chi connectivity index (χ0) is 16.1. The van der Waals surface area contributed by atoms with Gasteiger partial charge in [-0.05, 0) is 49.4 Å². The second-order valence-electron chi connectivity index (χ2n) is 6.29. The van der Waals surface area contributed by atoms with Crippen LogP contribution in [0.25, 0.3) is 0 Å². The van der Waals surface area contributed by atoms with Crippen molar-refractivity contribution in [2.45, 2.75) is 52.4 Å². The Balaban J connectivity index is 2.46. The summed E-state index contributed by atoms with van der Waals surface area (Å²) < 4.78 is 40.0. The van der Waals surface area contributed by atoms with Gasteiger partial charge in [-0.2, -0.15) is 0 Å². The predicted octanol–water partition coefficient (Wildman–Crippen LogP) is 4.54. The van der Waals surface area contributed by atoms with Crippen LogP contribution in [0.2, 0.25) is 0 Å². The van der Waals surface area contributed by atoms with Gasteiger partial charge >= 0.3 is 6.36 Å². The van der Waals surface area contributed by atoms with Gasteiger partial charge in [0.2, 0.25) is 0 Å². The van der Waals surface area contributed by atoms with E-state index in [1.165, 1.54) is 12.1 Å². The van der Waals surface area contributed by atoms with Crippen molar-refractivity contribution in [2.24, 2.45) is 5.41 Å². The molecule has 1 rings (SSSR count). The highest BCUT2D eigenvalue weighted by Gasteiger charge is 2.30. The lowest BCUT2D eigenvalue weighted by atomic mass is 9.83. The van der Waals surface area contributed by atoms with Gasteiger partial charge in [0, 0.05) is 6.04 Å². The molecule has 1 N–H and O–H groups in total. The average molecular weight is 303 g/mol. The molecule has 0 aliphatic rings. The van der Waals surface area contributed by atoms with Crippen molar-refractivity contribution >= 4 is 0 Å². The number of ether oxygens (including phenoxy) is 1. The van der Waals surface area contributed by atoms with Crippen molar-refractivity contribution in [3.63, 3.8) is 0 Å². The lowest BCUT2D eigenvalue weighted by Gasteiger charge is -2.30. The number of hydrogen-bond acceptors (Lipinski definition) is 2. The molecule has 1 aromatic rings. The van der Waals surface area contributed by atoms with Crippen LogP contribution >= 0.6 is 0 Å². The van der Waals surface area contributed by atoms with E-state index < -0.39 is 6.36 Å². The molecule has 5 heteroatoms. The van der Waals surface area contributed by atoms with E-state index in [4.69, 9.17) is 0 Å². The van der Waals surface area contributed by atoms with E-state index >= 15 is 0 Å². The molecule has 120 valence electrons. The summed E-state index contributed by atoms with van der Waals surface area (Å²) >= 11 is 0. The van der Waals surface area contributed by atoms with Crippen molar-refractivity contribution in [1.82, 2.24) is 5.32 Å². The number of halogens is 3. The Hall–Kier alpha value is -1.23. The second-order valence-corrected chi connectivity index (χ2v) is 6.29. The van der Waals surface area contributed by atoms with Crippen LogP contribution in [0.5, 0.6) is 5.75 Å². The number of alkyl halides is 3. The van der Waals surface area contributed by atoms with Crippen molar-refractivity contribution in [3.05, 3.63) is 29.8 Å². The van der Waals surface area contributed by atoms with E-state index in [0.29, 0.717) is 6.04 Å². The molecule has 0 aliphatic carbocycles. The first-order valence-electron chi connectivity index (χ1n) is 7.14. The molecule has 0 bridgehead atoms. The first kappa shape index (κ1) is 17.8. The van der Waals surface area contributed by atoms with Crippen LogP contribution in [0.1, 0.15) is 39.2 Å². The molecule has 21 heavy (non-hydrogen) atoms. The second kappa shape index (κ2) is 7.16. The first-order valence-corrected chi connectivity index (χ1v) is 7.14. The van der Waals surface area contributed by atoms with Gasteiger partial charge in [-0.1, -0.05) is 32.9 Å². The van der Waals surface area contributed by atoms with Crippen LogP contribution in [0.15, 0.2) is 24.3 Å². The Morgan fingerprint density at radius 2 is 1.67 bits per heavy atom. The van der Waals surface area contributed by atoms with E-state index in [2.05, 4.69) is 30.8 Å². The molecule has 0 saturated carbocycles.